The van der Waals surface area contributed by atoms with Crippen LogP contribution in [0, 0.1) is 18.8 Å². The van der Waals surface area contributed by atoms with Crippen LogP contribution in [0.25, 0.3) is 11.3 Å². The predicted molar refractivity (Wildman–Crippen MR) is 164 cm³/mol. The summed E-state index contributed by atoms with van der Waals surface area (Å²) in [7, 11) is -3.08. The molecular weight excluding hydrogens is 760 g/mol. The number of alkyl halides is 3. The summed E-state index contributed by atoms with van der Waals surface area (Å²) in [6.45, 7) is 1.77. The van der Waals surface area contributed by atoms with Crippen LogP contribution in [-0.2, 0) is 26.1 Å². The van der Waals surface area contributed by atoms with Gasteiger partial charge in [-0.2, -0.15) is 0 Å². The molecule has 240 valence electrons. The van der Waals surface area contributed by atoms with Crippen LogP contribution in [0.15, 0.2) is 60.7 Å². The maximum atomic E-state index is 14.2. The Balaban J connectivity index is 1.58. The van der Waals surface area contributed by atoms with E-state index in [1.54, 1.807) is 14.0 Å². The van der Waals surface area contributed by atoms with Crippen LogP contribution < -0.4 is 4.74 Å². The van der Waals surface area contributed by atoms with E-state index >= 15 is 0 Å². The summed E-state index contributed by atoms with van der Waals surface area (Å²) in [6, 6.07) is 12.1. The van der Waals surface area contributed by atoms with E-state index in [1.807, 2.05) is 0 Å². The number of benzene rings is 3. The molecule has 2 heterocycles. The van der Waals surface area contributed by atoms with Crippen molar-refractivity contribution >= 4 is 47.9 Å². The van der Waals surface area contributed by atoms with E-state index < -0.39 is 59.4 Å². The molecule has 0 fully saturated rings. The first kappa shape index (κ1) is 33.1. The molecule has 45 heavy (non-hydrogen) atoms. The standard InChI is InChI=1S/C29H24ClF5IN3O5S/c1-16-26-22(27(38(2)37-26)17-13-18(31)15-19(32)14-17)11-12-39(16)28(40)25-23(30)5-4-6-24(25)36(44-45(41,42)29(33,34)35)20-7-9-21(43-3)10-8-20/h4-10,13-16H,11-12H2,1-3H3/t16-/m0/s1. The number of aryl methyl sites for hydroxylation is 1. The second-order valence-electron chi connectivity index (χ2n) is 9.89. The van der Waals surface area contributed by atoms with E-state index in [1.165, 1.54) is 71.3 Å². The molecule has 1 atom stereocenters. The molecule has 0 N–H and O–H groups in total. The minimum atomic E-state index is -6.07. The zero-order valence-corrected chi connectivity index (χ0v) is 27.4. The van der Waals surface area contributed by atoms with Gasteiger partial charge in [-0.05, 0) is 0 Å². The zero-order valence-electron chi connectivity index (χ0n) is 23.7. The summed E-state index contributed by atoms with van der Waals surface area (Å²) in [5.74, 6) is -1.85. The van der Waals surface area contributed by atoms with E-state index in [4.69, 9.17) is 18.9 Å². The zero-order chi connectivity index (χ0) is 32.8. The number of hydrogen-bond acceptors (Lipinski definition) is 6. The van der Waals surface area contributed by atoms with Crippen LogP contribution in [0.4, 0.5) is 22.0 Å². The van der Waals surface area contributed by atoms with Gasteiger partial charge in [-0.3, -0.25) is 0 Å². The number of ether oxygens (including phenoxy) is 1. The number of fused-ring (bicyclic) bond motifs is 1. The molecule has 8 nitrogen and oxygen atoms in total. The van der Waals surface area contributed by atoms with Crippen LogP contribution in [0.3, 0.4) is 0 Å². The predicted octanol–water partition coefficient (Wildman–Crippen LogP) is 7.11. The Morgan fingerprint density at radius 1 is 1.07 bits per heavy atom. The summed E-state index contributed by atoms with van der Waals surface area (Å²) >= 11 is 2.45. The van der Waals surface area contributed by atoms with Gasteiger partial charge in [0, 0.05) is 0 Å². The summed E-state index contributed by atoms with van der Waals surface area (Å²) < 4.78 is 105. The van der Waals surface area contributed by atoms with Gasteiger partial charge in [0.1, 0.15) is 0 Å². The Hall–Kier alpha value is -3.28. The first-order valence-electron chi connectivity index (χ1n) is 13.1. The molecule has 1 aliphatic heterocycles. The van der Waals surface area contributed by atoms with E-state index in [-0.39, 0.29) is 36.3 Å². The molecular formula is C29H24ClF5IN3O5S. The first-order chi connectivity index (χ1) is 21.1. The number of aromatic nitrogens is 2. The number of hydrogen-bond donors (Lipinski definition) is 0. The number of nitrogens with zero attached hydrogens (tertiary/aromatic N) is 3. The van der Waals surface area contributed by atoms with Crippen molar-refractivity contribution in [1.29, 1.82) is 0 Å². The van der Waals surface area contributed by atoms with E-state index in [0.29, 0.717) is 22.7 Å². The van der Waals surface area contributed by atoms with Crippen molar-refractivity contribution in [3.63, 3.8) is 0 Å². The van der Waals surface area contributed by atoms with Crippen molar-refractivity contribution in [2.24, 2.45) is 7.05 Å². The van der Waals surface area contributed by atoms with Crippen molar-refractivity contribution < 1.29 is 42.4 Å². The summed E-state index contributed by atoms with van der Waals surface area (Å²) in [6.07, 6.45) is 0.228. The maximum absolute atomic E-state index is 14.2. The van der Waals surface area contributed by atoms with Gasteiger partial charge in [0.15, 0.2) is 0 Å². The van der Waals surface area contributed by atoms with Gasteiger partial charge < -0.3 is 0 Å². The molecule has 0 radical (unpaired) electrons. The Kier molecular flexibility index (Phi) is 9.19. The molecule has 4 aromatic rings. The van der Waals surface area contributed by atoms with Gasteiger partial charge in [0.2, 0.25) is 0 Å². The third-order valence-electron chi connectivity index (χ3n) is 7.08. The van der Waals surface area contributed by atoms with Gasteiger partial charge in [0.25, 0.3) is 0 Å². The Labute approximate surface area is 267 Å². The second kappa shape index (κ2) is 12.5. The second-order valence-corrected chi connectivity index (χ2v) is 16.7. The molecule has 1 aromatic heterocycles. The SMILES string of the molecule is COc1ccc(I(OS(=O)(=O)C(F)(F)F)c2cccc(Cl)c2C(=O)N2CCc3c(nn(C)c3-c3cc(F)cc(F)c3)[C@@H]2C)cc1. The molecule has 0 saturated heterocycles. The van der Waals surface area contributed by atoms with Crippen LogP contribution in [0.1, 0.15) is 34.6 Å². The van der Waals surface area contributed by atoms with Crippen LogP contribution in [0.5, 0.6) is 5.75 Å². The van der Waals surface area contributed by atoms with Gasteiger partial charge in [-0.25, -0.2) is 0 Å². The quantitative estimate of drug-likeness (QED) is 0.113. The molecule has 1 aliphatic rings. The number of amides is 1. The normalized spacial score (nSPS) is 15.5. The topological polar surface area (TPSA) is 90.7 Å². The van der Waals surface area contributed by atoms with Gasteiger partial charge in [-0.1, -0.05) is 0 Å². The fourth-order valence-corrected chi connectivity index (χ4v) is 12.3. The monoisotopic (exact) mass is 783 g/mol. The molecule has 0 unspecified atom stereocenters. The summed E-state index contributed by atoms with van der Waals surface area (Å²) in [5.41, 5.74) is -4.05. The number of carbonyl (C=O) groups is 1. The van der Waals surface area contributed by atoms with Gasteiger partial charge >= 0.3 is 269 Å². The minimum absolute atomic E-state index is 0.0652. The van der Waals surface area contributed by atoms with Crippen molar-refractivity contribution in [1.82, 2.24) is 14.7 Å². The molecule has 3 aromatic carbocycles. The Morgan fingerprint density at radius 3 is 2.31 bits per heavy atom. The molecule has 0 bridgehead atoms. The van der Waals surface area contributed by atoms with E-state index in [0.717, 1.165) is 6.07 Å². The number of rotatable bonds is 7. The third kappa shape index (κ3) is 6.39. The fraction of sp³-hybridized carbons (Fsp3) is 0.241. The van der Waals surface area contributed by atoms with Crippen molar-refractivity contribution in [2.45, 2.75) is 24.9 Å². The number of methoxy groups -OCH3 is 1. The van der Waals surface area contributed by atoms with E-state index in [9.17, 15) is 35.2 Å². The first-order valence-corrected chi connectivity index (χ1v) is 17.9. The molecule has 0 saturated carbocycles. The van der Waals surface area contributed by atoms with Gasteiger partial charge in [0.05, 0.1) is 0 Å². The Bertz CT molecular complexity index is 1870. The Morgan fingerprint density at radius 2 is 1.71 bits per heavy atom. The average molecular weight is 784 g/mol. The van der Waals surface area contributed by atoms with Crippen LogP contribution in [0.2, 0.25) is 5.02 Å². The molecule has 1 amide bonds. The summed E-state index contributed by atoms with van der Waals surface area (Å²) in [4.78, 5) is 15.6. The fourth-order valence-electron chi connectivity index (χ4n) is 5.05. The molecule has 0 spiro atoms. The van der Waals surface area contributed by atoms with Crippen LogP contribution >= 0.6 is 31.8 Å². The summed E-state index contributed by atoms with van der Waals surface area (Å²) in [5, 5.41) is 4.41. The van der Waals surface area contributed by atoms with Crippen molar-refractivity contribution in [3.8, 4) is 17.0 Å². The molecule has 16 heteroatoms. The third-order valence-corrected chi connectivity index (χ3v) is 14.6. The molecule has 5 rings (SSSR count). The van der Waals surface area contributed by atoms with Crippen LogP contribution in [-0.4, -0.2) is 48.2 Å². The van der Waals surface area contributed by atoms with E-state index in [2.05, 4.69) is 5.10 Å². The number of halogens is 7. The van der Waals surface area contributed by atoms with Crippen molar-refractivity contribution in [3.05, 3.63) is 101 Å². The molecule has 0 aliphatic carbocycles. The number of carbonyl (C=O) groups excluding carboxylic acids is 1. The average Bonchev–Trinajstić information content (AvgIpc) is 3.31. The van der Waals surface area contributed by atoms with Crippen molar-refractivity contribution in [2.75, 3.05) is 13.7 Å². The van der Waals surface area contributed by atoms with Gasteiger partial charge in [-0.15, -0.1) is 0 Å².